The molecular formula is C54H40NP. The number of aromatic nitrogens is 1. The average Bonchev–Trinajstić information content (AvgIpc) is 3.65. The monoisotopic (exact) mass is 733 g/mol. The van der Waals surface area contributed by atoms with Gasteiger partial charge in [0.05, 0.1) is 16.6 Å². The van der Waals surface area contributed by atoms with E-state index in [-0.39, 0.29) is 0 Å². The van der Waals surface area contributed by atoms with Crippen LogP contribution in [0.4, 0.5) is 0 Å². The van der Waals surface area contributed by atoms with Crippen LogP contribution in [0.25, 0.3) is 39.9 Å². The van der Waals surface area contributed by atoms with Gasteiger partial charge in [0.25, 0.3) is 0 Å². The SMILES string of the molecule is C(=C(/c1ccccc1)c1cccc(/C(=C/c2ccccc2)c2ccccc2)c1-n1c(P(c2ccccc2)c2ccccc2)cc2ccccc21)/c1ccccc1. The Morgan fingerprint density at radius 3 is 1.23 bits per heavy atom. The molecule has 0 aliphatic heterocycles. The molecule has 0 fully saturated rings. The molecule has 0 unspecified atom stereocenters. The molecule has 2 heteroatoms. The second kappa shape index (κ2) is 16.3. The summed E-state index contributed by atoms with van der Waals surface area (Å²) in [6.07, 6.45) is 4.70. The van der Waals surface area contributed by atoms with E-state index in [1.54, 1.807) is 0 Å². The highest BCUT2D eigenvalue weighted by atomic mass is 31.1. The molecule has 9 aromatic rings. The predicted octanol–water partition coefficient (Wildman–Crippen LogP) is 12.6. The minimum Gasteiger partial charge on any atom is -0.308 e. The Balaban J connectivity index is 1.45. The molecule has 0 atom stereocenters. The second-order valence-electron chi connectivity index (χ2n) is 13.8. The van der Waals surface area contributed by atoms with Gasteiger partial charge in [-0.15, -0.1) is 0 Å². The zero-order valence-corrected chi connectivity index (χ0v) is 31.9. The summed E-state index contributed by atoms with van der Waals surface area (Å²) in [6.45, 7) is 0. The standard InChI is InChI=1S/C54H40NP/c1-7-22-41(23-8-1)38-50(43-26-11-3-12-27-43)48-35-21-36-49(51(44-28-13-4-14-29-44)39-42-24-9-2-10-25-42)54(48)55-52-37-20-19-30-45(52)40-53(55)56(46-31-15-5-16-32-46)47-33-17-6-18-34-47/h1-40H/b50-38+,51-39+. The van der Waals surface area contributed by atoms with Gasteiger partial charge in [-0.1, -0.05) is 218 Å². The maximum absolute atomic E-state index is 2.59. The van der Waals surface area contributed by atoms with Gasteiger partial charge >= 0.3 is 0 Å². The highest BCUT2D eigenvalue weighted by Gasteiger charge is 2.27. The minimum atomic E-state index is -0.981. The zero-order valence-electron chi connectivity index (χ0n) is 31.0. The molecule has 0 radical (unpaired) electrons. The molecule has 0 bridgehead atoms. The molecule has 1 nitrogen and oxygen atoms in total. The molecule has 0 aliphatic rings. The largest absolute Gasteiger partial charge is 0.308 e. The fourth-order valence-electron chi connectivity index (χ4n) is 7.63. The van der Waals surface area contributed by atoms with E-state index in [1.807, 2.05) is 0 Å². The van der Waals surface area contributed by atoms with Gasteiger partial charge in [0.2, 0.25) is 0 Å². The maximum atomic E-state index is 2.59. The summed E-state index contributed by atoms with van der Waals surface area (Å²) < 4.78 is 2.59. The molecule has 1 aromatic heterocycles. The molecule has 0 saturated heterocycles. The Hall–Kier alpha value is -6.79. The fraction of sp³-hybridized carbons (Fsp3) is 0. The number of hydrogen-bond donors (Lipinski definition) is 0. The van der Waals surface area contributed by atoms with E-state index in [4.69, 9.17) is 0 Å². The molecule has 0 saturated carbocycles. The number of hydrogen-bond acceptors (Lipinski definition) is 0. The lowest BCUT2D eigenvalue weighted by Gasteiger charge is -2.26. The van der Waals surface area contributed by atoms with Crippen molar-refractivity contribution in [3.8, 4) is 5.69 Å². The van der Waals surface area contributed by atoms with Gasteiger partial charge in [0.1, 0.15) is 0 Å². The van der Waals surface area contributed by atoms with E-state index in [0.29, 0.717) is 0 Å². The van der Waals surface area contributed by atoms with Crippen molar-refractivity contribution in [2.75, 3.05) is 0 Å². The highest BCUT2D eigenvalue weighted by Crippen LogP contribution is 2.43. The Kier molecular flexibility index (Phi) is 10.2. The minimum absolute atomic E-state index is 0.981. The molecule has 1 heterocycles. The lowest BCUT2D eigenvalue weighted by molar-refractivity contribution is 1.15. The van der Waals surface area contributed by atoms with Crippen LogP contribution in [-0.4, -0.2) is 4.57 Å². The van der Waals surface area contributed by atoms with E-state index in [2.05, 4.69) is 247 Å². The Labute approximate surface area is 331 Å². The predicted molar refractivity (Wildman–Crippen MR) is 242 cm³/mol. The van der Waals surface area contributed by atoms with Crippen molar-refractivity contribution < 1.29 is 0 Å². The van der Waals surface area contributed by atoms with Crippen LogP contribution in [0.5, 0.6) is 0 Å². The van der Waals surface area contributed by atoms with E-state index >= 15 is 0 Å². The number of nitrogens with zero attached hydrogens (tertiary/aromatic N) is 1. The third-order valence-corrected chi connectivity index (χ3v) is 12.6. The summed E-state index contributed by atoms with van der Waals surface area (Å²) in [4.78, 5) is 0. The molecular weight excluding hydrogens is 694 g/mol. The van der Waals surface area contributed by atoms with Crippen LogP contribution in [0.1, 0.15) is 33.4 Å². The van der Waals surface area contributed by atoms with Crippen molar-refractivity contribution in [1.82, 2.24) is 4.57 Å². The van der Waals surface area contributed by atoms with E-state index < -0.39 is 7.92 Å². The molecule has 56 heavy (non-hydrogen) atoms. The number of rotatable bonds is 10. The maximum Gasteiger partial charge on any atom is 0.0619 e. The quantitative estimate of drug-likeness (QED) is 0.0974. The van der Waals surface area contributed by atoms with Crippen molar-refractivity contribution in [1.29, 1.82) is 0 Å². The molecule has 0 amide bonds. The van der Waals surface area contributed by atoms with Crippen LogP contribution >= 0.6 is 7.92 Å². The Bertz CT molecular complexity index is 2600. The average molecular weight is 734 g/mol. The van der Waals surface area contributed by atoms with E-state index in [1.165, 1.54) is 26.9 Å². The molecule has 0 spiro atoms. The molecule has 8 aromatic carbocycles. The lowest BCUT2D eigenvalue weighted by atomic mass is 9.88. The van der Waals surface area contributed by atoms with Crippen LogP contribution in [0.15, 0.2) is 231 Å². The van der Waals surface area contributed by atoms with Crippen LogP contribution in [0, 0.1) is 0 Å². The van der Waals surface area contributed by atoms with E-state index in [9.17, 15) is 0 Å². The van der Waals surface area contributed by atoms with Crippen LogP contribution < -0.4 is 16.0 Å². The highest BCUT2D eigenvalue weighted by molar-refractivity contribution is 7.79. The van der Waals surface area contributed by atoms with Gasteiger partial charge in [-0.3, -0.25) is 0 Å². The first-order chi connectivity index (χ1) is 27.8. The summed E-state index contributed by atoms with van der Waals surface area (Å²) in [5.41, 5.74) is 12.9. The Morgan fingerprint density at radius 2 is 0.768 bits per heavy atom. The third-order valence-electron chi connectivity index (χ3n) is 10.2. The number of fused-ring (bicyclic) bond motifs is 1. The lowest BCUT2D eigenvalue weighted by Crippen LogP contribution is -2.26. The van der Waals surface area contributed by atoms with Crippen molar-refractivity contribution in [3.63, 3.8) is 0 Å². The van der Waals surface area contributed by atoms with Gasteiger partial charge in [0, 0.05) is 24.4 Å². The summed E-state index contributed by atoms with van der Waals surface area (Å²) in [7, 11) is -0.981. The van der Waals surface area contributed by atoms with Crippen molar-refractivity contribution in [3.05, 3.63) is 264 Å². The van der Waals surface area contributed by atoms with Crippen molar-refractivity contribution in [2.24, 2.45) is 0 Å². The van der Waals surface area contributed by atoms with Gasteiger partial charge in [-0.25, -0.2) is 0 Å². The third kappa shape index (κ3) is 7.21. The summed E-state index contributed by atoms with van der Waals surface area (Å²) in [5.74, 6) is 0. The van der Waals surface area contributed by atoms with Crippen molar-refractivity contribution in [2.45, 2.75) is 0 Å². The summed E-state index contributed by atoms with van der Waals surface area (Å²) in [6, 6.07) is 83.4. The van der Waals surface area contributed by atoms with Gasteiger partial charge in [-0.2, -0.15) is 0 Å². The second-order valence-corrected chi connectivity index (χ2v) is 15.9. The number of benzene rings is 8. The van der Waals surface area contributed by atoms with Gasteiger partial charge in [0.15, 0.2) is 0 Å². The summed E-state index contributed by atoms with van der Waals surface area (Å²) >= 11 is 0. The topological polar surface area (TPSA) is 4.93 Å². The normalized spacial score (nSPS) is 11.9. The fourth-order valence-corrected chi connectivity index (χ4v) is 10.1. The summed E-state index contributed by atoms with van der Waals surface area (Å²) in [5, 5.41) is 3.83. The van der Waals surface area contributed by atoms with Crippen LogP contribution in [0.2, 0.25) is 0 Å². The van der Waals surface area contributed by atoms with E-state index in [0.717, 1.165) is 50.2 Å². The first-order valence-electron chi connectivity index (χ1n) is 19.1. The first-order valence-corrected chi connectivity index (χ1v) is 20.5. The van der Waals surface area contributed by atoms with Gasteiger partial charge < -0.3 is 4.57 Å². The molecule has 0 aliphatic carbocycles. The van der Waals surface area contributed by atoms with Gasteiger partial charge in [-0.05, 0) is 68.3 Å². The molecule has 9 rings (SSSR count). The molecule has 266 valence electrons. The van der Waals surface area contributed by atoms with Crippen LogP contribution in [-0.2, 0) is 0 Å². The first kappa shape index (κ1) is 34.9. The van der Waals surface area contributed by atoms with Crippen molar-refractivity contribution >= 4 is 58.2 Å². The van der Waals surface area contributed by atoms with Crippen LogP contribution in [0.3, 0.4) is 0 Å². The smallest absolute Gasteiger partial charge is 0.0619 e. The number of para-hydroxylation sites is 2. The Morgan fingerprint density at radius 1 is 0.375 bits per heavy atom. The molecule has 0 N–H and O–H groups in total. The zero-order chi connectivity index (χ0) is 37.5.